The highest BCUT2D eigenvalue weighted by atomic mass is 35.5. The van der Waals surface area contributed by atoms with Crippen LogP contribution in [-0.2, 0) is 6.54 Å². The van der Waals surface area contributed by atoms with Crippen molar-refractivity contribution in [1.29, 1.82) is 0 Å². The molecule has 0 atom stereocenters. The molecule has 3 aromatic carbocycles. The van der Waals surface area contributed by atoms with Crippen molar-refractivity contribution in [2.45, 2.75) is 19.9 Å². The van der Waals surface area contributed by atoms with Crippen molar-refractivity contribution in [3.63, 3.8) is 0 Å². The number of methoxy groups -OCH3 is 2. The molecule has 3 aromatic rings. The van der Waals surface area contributed by atoms with Gasteiger partial charge >= 0.3 is 6.03 Å². The summed E-state index contributed by atoms with van der Waals surface area (Å²) in [7, 11) is 3.20. The SMILES string of the molecule is COc1cc(CN2CCCN(c3ccc(C)cc3NC(=O)c3ccccc3Cl)C2=O)cc(OC)c1. The molecule has 0 spiro atoms. The molecule has 1 aliphatic rings. The number of hydrogen-bond donors (Lipinski definition) is 1. The molecule has 1 N–H and O–H groups in total. The van der Waals surface area contributed by atoms with Gasteiger partial charge in [0.05, 0.1) is 36.2 Å². The minimum Gasteiger partial charge on any atom is -0.497 e. The third-order valence-corrected chi connectivity index (χ3v) is 6.23. The first kappa shape index (κ1) is 24.4. The average Bonchev–Trinajstić information content (AvgIpc) is 2.85. The number of ether oxygens (including phenoxy) is 2. The third kappa shape index (κ3) is 5.52. The van der Waals surface area contributed by atoms with Crippen molar-refractivity contribution >= 4 is 34.9 Å². The van der Waals surface area contributed by atoms with Crippen LogP contribution in [0.4, 0.5) is 16.2 Å². The first-order valence-corrected chi connectivity index (χ1v) is 11.7. The summed E-state index contributed by atoms with van der Waals surface area (Å²) < 4.78 is 10.7. The Labute approximate surface area is 210 Å². The van der Waals surface area contributed by atoms with Crippen molar-refractivity contribution in [2.75, 3.05) is 37.5 Å². The van der Waals surface area contributed by atoms with Crippen LogP contribution >= 0.6 is 11.6 Å². The number of urea groups is 1. The topological polar surface area (TPSA) is 71.1 Å². The predicted molar refractivity (Wildman–Crippen MR) is 138 cm³/mol. The first-order chi connectivity index (χ1) is 16.9. The predicted octanol–water partition coefficient (Wildman–Crippen LogP) is 5.75. The summed E-state index contributed by atoms with van der Waals surface area (Å²) in [5.74, 6) is 1.01. The van der Waals surface area contributed by atoms with Gasteiger partial charge in [-0.1, -0.05) is 29.8 Å². The summed E-state index contributed by atoms with van der Waals surface area (Å²) in [4.78, 5) is 30.0. The van der Waals surface area contributed by atoms with Crippen LogP contribution in [0.25, 0.3) is 0 Å². The Morgan fingerprint density at radius 2 is 1.71 bits per heavy atom. The second kappa shape index (κ2) is 10.7. The van der Waals surface area contributed by atoms with Crippen LogP contribution in [-0.4, -0.2) is 44.1 Å². The lowest BCUT2D eigenvalue weighted by atomic mass is 10.1. The second-order valence-corrected chi connectivity index (χ2v) is 8.79. The van der Waals surface area contributed by atoms with E-state index >= 15 is 0 Å². The van der Waals surface area contributed by atoms with Gasteiger partial charge in [-0.2, -0.15) is 0 Å². The van der Waals surface area contributed by atoms with Gasteiger partial charge in [-0.3, -0.25) is 9.69 Å². The van der Waals surface area contributed by atoms with Gasteiger partial charge in [-0.15, -0.1) is 0 Å². The summed E-state index contributed by atoms with van der Waals surface area (Å²) in [5.41, 5.74) is 3.46. The van der Waals surface area contributed by atoms with Gasteiger partial charge in [0.1, 0.15) is 11.5 Å². The highest BCUT2D eigenvalue weighted by molar-refractivity contribution is 6.34. The quantitative estimate of drug-likeness (QED) is 0.455. The first-order valence-electron chi connectivity index (χ1n) is 11.3. The monoisotopic (exact) mass is 493 g/mol. The number of nitrogens with zero attached hydrogens (tertiary/aromatic N) is 2. The van der Waals surface area contributed by atoms with Gasteiger partial charge in [0.2, 0.25) is 0 Å². The zero-order valence-corrected chi connectivity index (χ0v) is 20.8. The van der Waals surface area contributed by atoms with Crippen molar-refractivity contribution in [3.05, 3.63) is 82.4 Å². The number of carbonyl (C=O) groups is 2. The second-order valence-electron chi connectivity index (χ2n) is 8.38. The number of rotatable bonds is 7. The molecule has 1 heterocycles. The van der Waals surface area contributed by atoms with E-state index in [1.807, 2.05) is 37.3 Å². The zero-order chi connectivity index (χ0) is 24.9. The molecule has 0 radical (unpaired) electrons. The van der Waals surface area contributed by atoms with Crippen molar-refractivity contribution < 1.29 is 19.1 Å². The Balaban J connectivity index is 1.59. The molecule has 1 aliphatic heterocycles. The van der Waals surface area contributed by atoms with Crippen LogP contribution in [0.15, 0.2) is 60.7 Å². The van der Waals surface area contributed by atoms with Gasteiger partial charge in [0.15, 0.2) is 0 Å². The van der Waals surface area contributed by atoms with Crippen molar-refractivity contribution in [1.82, 2.24) is 4.90 Å². The van der Waals surface area contributed by atoms with E-state index in [0.29, 0.717) is 53.1 Å². The molecule has 3 amide bonds. The Bertz CT molecular complexity index is 1220. The lowest BCUT2D eigenvalue weighted by molar-refractivity contribution is 0.102. The number of halogens is 1. The molecule has 4 rings (SSSR count). The van der Waals surface area contributed by atoms with E-state index < -0.39 is 0 Å². The minimum atomic E-state index is -0.327. The van der Waals surface area contributed by atoms with Crippen LogP contribution in [0.3, 0.4) is 0 Å². The molecular weight excluding hydrogens is 466 g/mol. The molecule has 182 valence electrons. The van der Waals surface area contributed by atoms with E-state index in [9.17, 15) is 9.59 Å². The van der Waals surface area contributed by atoms with Crippen molar-refractivity contribution in [3.8, 4) is 11.5 Å². The van der Waals surface area contributed by atoms with E-state index in [1.165, 1.54) is 0 Å². The standard InChI is InChI=1S/C27H28ClN3O4/c1-18-9-10-25(24(13-18)29-26(32)22-7-4-5-8-23(22)28)31-12-6-11-30(27(31)33)17-19-14-20(34-2)16-21(15-19)35-3/h4-5,7-10,13-16H,6,11-12,17H2,1-3H3,(H,29,32). The highest BCUT2D eigenvalue weighted by Crippen LogP contribution is 2.32. The molecule has 1 saturated heterocycles. The van der Waals surface area contributed by atoms with Crippen molar-refractivity contribution in [2.24, 2.45) is 0 Å². The number of anilines is 2. The van der Waals surface area contributed by atoms with Crippen LogP contribution in [0, 0.1) is 6.92 Å². The number of hydrogen-bond acceptors (Lipinski definition) is 4. The number of aryl methyl sites for hydroxylation is 1. The largest absolute Gasteiger partial charge is 0.497 e. The Hall–Kier alpha value is -3.71. The van der Waals surface area contributed by atoms with E-state index in [-0.39, 0.29) is 11.9 Å². The molecule has 0 saturated carbocycles. The molecule has 0 aromatic heterocycles. The maximum Gasteiger partial charge on any atom is 0.324 e. The summed E-state index contributed by atoms with van der Waals surface area (Å²) in [5, 5.41) is 3.32. The van der Waals surface area contributed by atoms with Crippen LogP contribution in [0.2, 0.25) is 5.02 Å². The summed E-state index contributed by atoms with van der Waals surface area (Å²) in [6.45, 7) is 3.53. The maximum absolute atomic E-state index is 13.5. The molecular formula is C27H28ClN3O4. The number of amides is 3. The normalized spacial score (nSPS) is 13.5. The van der Waals surface area contributed by atoms with Gasteiger partial charge in [0, 0.05) is 25.7 Å². The van der Waals surface area contributed by atoms with Gasteiger partial charge in [-0.05, 0) is 60.9 Å². The molecule has 0 bridgehead atoms. The zero-order valence-electron chi connectivity index (χ0n) is 20.0. The third-order valence-electron chi connectivity index (χ3n) is 5.91. The van der Waals surface area contributed by atoms with Crippen LogP contribution in [0.1, 0.15) is 27.9 Å². The van der Waals surface area contributed by atoms with Crippen LogP contribution in [0.5, 0.6) is 11.5 Å². The Morgan fingerprint density at radius 1 is 1.00 bits per heavy atom. The number of nitrogens with one attached hydrogen (secondary N) is 1. The van der Waals surface area contributed by atoms with Gasteiger partial charge in [0.25, 0.3) is 5.91 Å². The Morgan fingerprint density at radius 3 is 2.40 bits per heavy atom. The van der Waals surface area contributed by atoms with Gasteiger partial charge in [-0.25, -0.2) is 4.79 Å². The molecule has 1 fully saturated rings. The number of carbonyl (C=O) groups excluding carboxylic acids is 2. The van der Waals surface area contributed by atoms with E-state index in [4.69, 9.17) is 21.1 Å². The molecule has 0 aliphatic carbocycles. The lowest BCUT2D eigenvalue weighted by Gasteiger charge is -2.36. The average molecular weight is 494 g/mol. The lowest BCUT2D eigenvalue weighted by Crippen LogP contribution is -2.49. The molecule has 35 heavy (non-hydrogen) atoms. The van der Waals surface area contributed by atoms with E-state index in [0.717, 1.165) is 17.5 Å². The smallest absolute Gasteiger partial charge is 0.324 e. The fourth-order valence-corrected chi connectivity index (χ4v) is 4.37. The summed E-state index contributed by atoms with van der Waals surface area (Å²) >= 11 is 6.22. The molecule has 8 heteroatoms. The van der Waals surface area contributed by atoms with E-state index in [2.05, 4.69) is 5.32 Å². The molecule has 0 unspecified atom stereocenters. The van der Waals surface area contributed by atoms with Crippen LogP contribution < -0.4 is 19.7 Å². The van der Waals surface area contributed by atoms with Gasteiger partial charge < -0.3 is 19.7 Å². The summed E-state index contributed by atoms with van der Waals surface area (Å²) in [6, 6.07) is 18.0. The summed E-state index contributed by atoms with van der Waals surface area (Å²) in [6.07, 6.45) is 0.790. The Kier molecular flexibility index (Phi) is 7.46. The molecule has 7 nitrogen and oxygen atoms in total. The van der Waals surface area contributed by atoms with E-state index in [1.54, 1.807) is 54.4 Å². The number of benzene rings is 3. The minimum absolute atomic E-state index is 0.130. The fourth-order valence-electron chi connectivity index (χ4n) is 4.15. The maximum atomic E-state index is 13.5. The fraction of sp³-hybridized carbons (Fsp3) is 0.259. The highest BCUT2D eigenvalue weighted by Gasteiger charge is 2.29.